The minimum Gasteiger partial charge on any atom is -0.400 e. The molecule has 16 heavy (non-hydrogen) atoms. The lowest BCUT2D eigenvalue weighted by molar-refractivity contribution is 0.0105. The zero-order chi connectivity index (χ0) is 12.3. The quantitative estimate of drug-likeness (QED) is 0.434. The van der Waals surface area contributed by atoms with Crippen molar-refractivity contribution in [1.29, 1.82) is 0 Å². The van der Waals surface area contributed by atoms with Crippen LogP contribution in [-0.2, 0) is 17.4 Å². The topological polar surface area (TPSA) is 62.9 Å². The molecule has 0 aromatic rings. The molecule has 0 aliphatic heterocycles. The highest BCUT2D eigenvalue weighted by Gasteiger charge is 2.43. The highest BCUT2D eigenvalue weighted by Crippen LogP contribution is 2.11. The van der Waals surface area contributed by atoms with E-state index in [9.17, 15) is 0 Å². The van der Waals surface area contributed by atoms with Crippen LogP contribution in [0.2, 0.25) is 6.04 Å². The van der Waals surface area contributed by atoms with E-state index in [1.54, 1.807) is 0 Å². The number of nitrogens with two attached hydrogens (primary N) is 1. The molecule has 0 spiro atoms. The Kier molecular flexibility index (Phi) is 10.5. The molecule has 0 unspecified atom stereocenters. The molecule has 98 valence electrons. The van der Waals surface area contributed by atoms with Gasteiger partial charge in [-0.05, 0) is 39.8 Å². The van der Waals surface area contributed by atoms with Gasteiger partial charge in [-0.3, -0.25) is 0 Å². The van der Waals surface area contributed by atoms with Gasteiger partial charge in [0.25, 0.3) is 0 Å². The van der Waals surface area contributed by atoms with Crippen molar-refractivity contribution in [3.63, 3.8) is 0 Å². The summed E-state index contributed by atoms with van der Waals surface area (Å²) in [7, 11) is -3.48. The predicted octanol–water partition coefficient (Wildman–Crippen LogP) is 0.399. The molecule has 0 bridgehead atoms. The summed E-state index contributed by atoms with van der Waals surface area (Å²) in [6.45, 7) is 8.13. The summed E-state index contributed by atoms with van der Waals surface area (Å²) in [6.07, 6.45) is 1.00. The molecule has 0 heterocycles. The summed E-state index contributed by atoms with van der Waals surface area (Å²) >= 11 is 0. The maximum atomic E-state index is 5.81. The predicted molar refractivity (Wildman–Crippen MR) is 68.7 cm³/mol. The number of rotatable bonds is 11. The second-order valence-corrected chi connectivity index (χ2v) is 7.28. The van der Waals surface area contributed by atoms with E-state index in [2.05, 4.69) is 0 Å². The molecule has 2 N–H and O–H groups in total. The van der Waals surface area contributed by atoms with Crippen molar-refractivity contribution < 1.29 is 17.4 Å². The fraction of sp³-hybridized carbons (Fsp3) is 1.00. The molecule has 0 saturated carbocycles. The molecule has 0 aromatic heterocycles. The Balaban J connectivity index is 4.12. The van der Waals surface area contributed by atoms with Crippen LogP contribution in [0.4, 0.5) is 0 Å². The van der Waals surface area contributed by atoms with E-state index in [4.69, 9.17) is 23.1 Å². The zero-order valence-corrected chi connectivity index (χ0v) is 13.1. The molecule has 7 heteroatoms. The molecule has 0 atom stereocenters. The highest BCUT2D eigenvalue weighted by atomic mass is 28.4. The van der Waals surface area contributed by atoms with Crippen molar-refractivity contribution in [1.82, 2.24) is 0 Å². The third kappa shape index (κ3) is 6.74. The van der Waals surface area contributed by atoms with Gasteiger partial charge < -0.3 is 23.1 Å². The third-order valence-corrected chi connectivity index (χ3v) is 6.79. The van der Waals surface area contributed by atoms with Crippen LogP contribution in [-0.4, -0.2) is 45.2 Å². The van der Waals surface area contributed by atoms with Crippen LogP contribution < -0.4 is 5.73 Å². The van der Waals surface area contributed by atoms with Gasteiger partial charge >= 0.3 is 9.05 Å². The van der Waals surface area contributed by atoms with Crippen molar-refractivity contribution in [3.05, 3.63) is 0 Å². The van der Waals surface area contributed by atoms with Crippen LogP contribution in [0.1, 0.15) is 27.2 Å². The average molecular weight is 267 g/mol. The molecule has 0 aliphatic carbocycles. The monoisotopic (exact) mass is 267 g/mol. The van der Waals surface area contributed by atoms with E-state index < -0.39 is 18.8 Å². The summed E-state index contributed by atoms with van der Waals surface area (Å²) in [5, 5.41) is 0. The highest BCUT2D eigenvalue weighted by molar-refractivity contribution is 6.60. The van der Waals surface area contributed by atoms with Gasteiger partial charge in [-0.2, -0.15) is 0 Å². The van der Waals surface area contributed by atoms with E-state index in [1.807, 2.05) is 20.8 Å². The van der Waals surface area contributed by atoms with Crippen molar-refractivity contribution in [2.24, 2.45) is 5.73 Å². The standard InChI is InChI=1S/C9H25NO4Si2/c1-4-11-16(12-5-2,13-6-3)14-15-9-7-8-10/h4-10,15H2,1-3H3. The van der Waals surface area contributed by atoms with Crippen LogP contribution in [0.3, 0.4) is 0 Å². The van der Waals surface area contributed by atoms with Crippen molar-refractivity contribution >= 4 is 18.8 Å². The largest absolute Gasteiger partial charge is 0.668 e. The van der Waals surface area contributed by atoms with E-state index in [0.717, 1.165) is 12.5 Å². The molecule has 0 aliphatic rings. The maximum Gasteiger partial charge on any atom is 0.668 e. The first-order valence-corrected chi connectivity index (χ1v) is 9.21. The molecular weight excluding hydrogens is 242 g/mol. The van der Waals surface area contributed by atoms with Gasteiger partial charge in [0.15, 0.2) is 9.76 Å². The van der Waals surface area contributed by atoms with Gasteiger partial charge in [0, 0.05) is 19.8 Å². The van der Waals surface area contributed by atoms with Gasteiger partial charge in [-0.15, -0.1) is 0 Å². The average Bonchev–Trinajstić information content (AvgIpc) is 2.26. The molecule has 0 amide bonds. The Bertz CT molecular complexity index is 145. The van der Waals surface area contributed by atoms with Crippen LogP contribution in [0.25, 0.3) is 0 Å². The summed E-state index contributed by atoms with van der Waals surface area (Å²) in [5.74, 6) is 0. The van der Waals surface area contributed by atoms with Crippen molar-refractivity contribution in [2.45, 2.75) is 33.2 Å². The molecule has 0 rings (SSSR count). The van der Waals surface area contributed by atoms with E-state index in [1.165, 1.54) is 0 Å². The fourth-order valence-electron chi connectivity index (χ4n) is 1.22. The smallest absolute Gasteiger partial charge is 0.400 e. The summed E-state index contributed by atoms with van der Waals surface area (Å²) in [4.78, 5) is 0. The second kappa shape index (κ2) is 10.4. The van der Waals surface area contributed by atoms with Gasteiger partial charge in [-0.1, -0.05) is 0 Å². The van der Waals surface area contributed by atoms with Crippen LogP contribution in [0, 0.1) is 0 Å². The van der Waals surface area contributed by atoms with Crippen molar-refractivity contribution in [3.8, 4) is 0 Å². The lowest BCUT2D eigenvalue weighted by Gasteiger charge is -2.27. The molecular formula is C9H25NO4Si2. The van der Waals surface area contributed by atoms with Crippen LogP contribution >= 0.6 is 0 Å². The summed E-state index contributed by atoms with van der Waals surface area (Å²) in [6, 6.07) is 1.04. The van der Waals surface area contributed by atoms with Crippen LogP contribution in [0.15, 0.2) is 0 Å². The van der Waals surface area contributed by atoms with Gasteiger partial charge in [0.2, 0.25) is 0 Å². The third-order valence-electron chi connectivity index (χ3n) is 1.84. The Hall–Kier alpha value is 0.234. The Morgan fingerprint density at radius 2 is 1.50 bits per heavy atom. The maximum absolute atomic E-state index is 5.81. The number of hydrogen-bond donors (Lipinski definition) is 1. The van der Waals surface area contributed by atoms with Crippen LogP contribution in [0.5, 0.6) is 0 Å². The summed E-state index contributed by atoms with van der Waals surface area (Å²) in [5.41, 5.74) is 5.44. The minimum atomic E-state index is -2.82. The van der Waals surface area contributed by atoms with E-state index in [0.29, 0.717) is 26.4 Å². The molecule has 0 radical (unpaired) electrons. The lowest BCUT2D eigenvalue weighted by atomic mass is 10.5. The Morgan fingerprint density at radius 1 is 1.00 bits per heavy atom. The Labute approximate surface area is 102 Å². The van der Waals surface area contributed by atoms with E-state index in [-0.39, 0.29) is 0 Å². The normalized spacial score (nSPS) is 12.8. The minimum absolute atomic E-state index is 0.553. The van der Waals surface area contributed by atoms with E-state index >= 15 is 0 Å². The molecule has 0 aromatic carbocycles. The first-order valence-electron chi connectivity index (χ1n) is 6.00. The Morgan fingerprint density at radius 3 is 1.88 bits per heavy atom. The SMILES string of the molecule is CCO[Si](OCC)(OCC)O[SiH2]CCCN. The van der Waals surface area contributed by atoms with Gasteiger partial charge in [-0.25, -0.2) is 0 Å². The summed E-state index contributed by atoms with van der Waals surface area (Å²) < 4.78 is 22.5. The van der Waals surface area contributed by atoms with Gasteiger partial charge in [0.1, 0.15) is 0 Å². The lowest BCUT2D eigenvalue weighted by Crippen LogP contribution is -2.50. The zero-order valence-electron chi connectivity index (χ0n) is 10.7. The molecule has 0 fully saturated rings. The first kappa shape index (κ1) is 16.2. The molecule has 0 saturated heterocycles. The van der Waals surface area contributed by atoms with Gasteiger partial charge in [0.05, 0.1) is 0 Å². The van der Waals surface area contributed by atoms with Crippen molar-refractivity contribution in [2.75, 3.05) is 26.4 Å². The fourth-order valence-corrected chi connectivity index (χ4v) is 5.60. The first-order chi connectivity index (χ1) is 7.74. The molecule has 5 nitrogen and oxygen atoms in total. The second-order valence-electron chi connectivity index (χ2n) is 3.14. The number of hydrogen-bond acceptors (Lipinski definition) is 5.